The molecule has 1 aliphatic heterocycles. The van der Waals surface area contributed by atoms with Crippen molar-refractivity contribution in [3.05, 3.63) is 71.8 Å². The molecule has 1 aliphatic rings. The third-order valence-electron chi connectivity index (χ3n) is 7.12. The molecule has 5 nitrogen and oxygen atoms in total. The van der Waals surface area contributed by atoms with Crippen LogP contribution in [-0.2, 0) is 37.0 Å². The molecule has 1 saturated heterocycles. The molecule has 0 unspecified atom stereocenters. The summed E-state index contributed by atoms with van der Waals surface area (Å²) in [6.45, 7) is 6.26. The largest absolute Gasteiger partial charge is 0.381 e. The van der Waals surface area contributed by atoms with Crippen molar-refractivity contribution in [2.45, 2.75) is 103 Å². The smallest absolute Gasteiger partial charge is 0.138 e. The van der Waals surface area contributed by atoms with Gasteiger partial charge in [-0.25, -0.2) is 0 Å². The minimum Gasteiger partial charge on any atom is -0.381 e. The molecule has 0 N–H and O–H groups in total. The molecule has 1 heterocycles. The topological polar surface area (TPSA) is 54.0 Å². The SMILES string of the molecule is CCC[C@@H](C[C@H](C[C@H](C)C[C@@H]1CC(=O)C[C@H](CCOCc2ccccc2)O1)OC)OCc1ccccc1. The fourth-order valence-electron chi connectivity index (χ4n) is 5.20. The highest BCUT2D eigenvalue weighted by molar-refractivity contribution is 5.80. The maximum absolute atomic E-state index is 12.4. The molecule has 0 bridgehead atoms. The van der Waals surface area contributed by atoms with Gasteiger partial charge < -0.3 is 18.9 Å². The third-order valence-corrected chi connectivity index (χ3v) is 7.12. The van der Waals surface area contributed by atoms with Gasteiger partial charge in [-0.1, -0.05) is 80.9 Å². The minimum absolute atomic E-state index is 0.0198. The van der Waals surface area contributed by atoms with E-state index in [0.29, 0.717) is 44.4 Å². The summed E-state index contributed by atoms with van der Waals surface area (Å²) in [4.78, 5) is 12.4. The molecule has 0 saturated carbocycles. The predicted molar refractivity (Wildman–Crippen MR) is 147 cm³/mol. The van der Waals surface area contributed by atoms with Crippen molar-refractivity contribution in [3.63, 3.8) is 0 Å². The predicted octanol–water partition coefficient (Wildman–Crippen LogP) is 6.92. The zero-order valence-electron chi connectivity index (χ0n) is 23.0. The van der Waals surface area contributed by atoms with Crippen LogP contribution in [0.15, 0.2) is 60.7 Å². The van der Waals surface area contributed by atoms with Crippen LogP contribution >= 0.6 is 0 Å². The van der Waals surface area contributed by atoms with E-state index in [1.54, 1.807) is 7.11 Å². The number of rotatable bonds is 17. The number of hydrogen-bond donors (Lipinski definition) is 0. The van der Waals surface area contributed by atoms with Gasteiger partial charge in [-0.3, -0.25) is 4.79 Å². The lowest BCUT2D eigenvalue weighted by Crippen LogP contribution is -2.35. The monoisotopic (exact) mass is 510 g/mol. The zero-order valence-corrected chi connectivity index (χ0v) is 23.0. The minimum atomic E-state index is -0.0484. The van der Waals surface area contributed by atoms with E-state index in [0.717, 1.165) is 44.1 Å². The summed E-state index contributed by atoms with van der Waals surface area (Å²) in [5.41, 5.74) is 2.36. The summed E-state index contributed by atoms with van der Waals surface area (Å²) >= 11 is 0. The van der Waals surface area contributed by atoms with Crippen molar-refractivity contribution >= 4 is 5.78 Å². The van der Waals surface area contributed by atoms with Crippen molar-refractivity contribution in [1.82, 2.24) is 0 Å². The lowest BCUT2D eigenvalue weighted by atomic mass is 9.90. The Balaban J connectivity index is 1.40. The molecule has 37 heavy (non-hydrogen) atoms. The van der Waals surface area contributed by atoms with Crippen LogP contribution in [0.5, 0.6) is 0 Å². The van der Waals surface area contributed by atoms with Crippen LogP contribution in [0.3, 0.4) is 0 Å². The highest BCUT2D eigenvalue weighted by Crippen LogP contribution is 2.27. The van der Waals surface area contributed by atoms with Crippen molar-refractivity contribution in [2.24, 2.45) is 5.92 Å². The number of carbonyl (C=O) groups excluding carboxylic acids is 1. The van der Waals surface area contributed by atoms with E-state index in [9.17, 15) is 4.79 Å². The molecule has 0 radical (unpaired) electrons. The Hall–Kier alpha value is -2.05. The van der Waals surface area contributed by atoms with E-state index >= 15 is 0 Å². The maximum Gasteiger partial charge on any atom is 0.138 e. The van der Waals surface area contributed by atoms with Gasteiger partial charge in [0.1, 0.15) is 5.78 Å². The van der Waals surface area contributed by atoms with Crippen LogP contribution in [0, 0.1) is 5.92 Å². The third kappa shape index (κ3) is 11.5. The first-order valence-corrected chi connectivity index (χ1v) is 14.0. The first-order valence-electron chi connectivity index (χ1n) is 14.0. The van der Waals surface area contributed by atoms with Gasteiger partial charge in [0.25, 0.3) is 0 Å². The van der Waals surface area contributed by atoms with Gasteiger partial charge in [-0.2, -0.15) is 0 Å². The Morgan fingerprint density at radius 2 is 1.54 bits per heavy atom. The van der Waals surface area contributed by atoms with Gasteiger partial charge in [-0.15, -0.1) is 0 Å². The maximum atomic E-state index is 12.4. The summed E-state index contributed by atoms with van der Waals surface area (Å²) < 4.78 is 24.3. The summed E-state index contributed by atoms with van der Waals surface area (Å²) in [6.07, 6.45) is 6.80. The van der Waals surface area contributed by atoms with Gasteiger partial charge in [-0.05, 0) is 49.1 Å². The van der Waals surface area contributed by atoms with Gasteiger partial charge in [0.2, 0.25) is 0 Å². The average Bonchev–Trinajstić information content (AvgIpc) is 2.90. The fourth-order valence-corrected chi connectivity index (χ4v) is 5.20. The van der Waals surface area contributed by atoms with Crippen LogP contribution in [0.1, 0.15) is 76.3 Å². The van der Waals surface area contributed by atoms with Crippen LogP contribution in [0.4, 0.5) is 0 Å². The molecule has 3 rings (SSSR count). The Morgan fingerprint density at radius 1 is 0.892 bits per heavy atom. The Labute approximate surface area is 223 Å². The highest BCUT2D eigenvalue weighted by atomic mass is 16.5. The normalized spacial score (nSPS) is 20.5. The van der Waals surface area contributed by atoms with Crippen LogP contribution in [0.2, 0.25) is 0 Å². The van der Waals surface area contributed by atoms with Gasteiger partial charge in [0, 0.05) is 26.6 Å². The molecule has 5 atom stereocenters. The second-order valence-corrected chi connectivity index (χ2v) is 10.5. The standard InChI is InChI=1S/C32H46O5/c1-4-11-29(36-24-27-14-9-6-10-15-27)22-31(34-3)18-25(2)19-32-21-28(33)20-30(37-32)16-17-35-23-26-12-7-5-8-13-26/h5-10,12-15,25,29-32H,4,11,16-24H2,1-3H3/t25-,29-,30-,31-,32+/m0/s1. The highest BCUT2D eigenvalue weighted by Gasteiger charge is 2.29. The molecule has 0 amide bonds. The second-order valence-electron chi connectivity index (χ2n) is 10.5. The van der Waals surface area contributed by atoms with Crippen molar-refractivity contribution in [1.29, 1.82) is 0 Å². The van der Waals surface area contributed by atoms with E-state index < -0.39 is 0 Å². The molecule has 1 fully saturated rings. The molecule has 0 spiro atoms. The molecule has 5 heteroatoms. The molecule has 2 aromatic rings. The number of carbonyl (C=O) groups is 1. The summed E-state index contributed by atoms with van der Waals surface area (Å²) in [7, 11) is 1.80. The van der Waals surface area contributed by atoms with Crippen LogP contribution in [0.25, 0.3) is 0 Å². The van der Waals surface area contributed by atoms with Gasteiger partial charge >= 0.3 is 0 Å². The zero-order chi connectivity index (χ0) is 26.3. The second kappa shape index (κ2) is 16.7. The molecule has 0 aliphatic carbocycles. The van der Waals surface area contributed by atoms with Crippen LogP contribution < -0.4 is 0 Å². The summed E-state index contributed by atoms with van der Waals surface area (Å²) in [5.74, 6) is 0.698. The quantitative estimate of drug-likeness (QED) is 0.216. The van der Waals surface area contributed by atoms with E-state index in [1.165, 1.54) is 5.56 Å². The van der Waals surface area contributed by atoms with Crippen molar-refractivity contribution < 1.29 is 23.7 Å². The number of methoxy groups -OCH3 is 1. The first-order chi connectivity index (χ1) is 18.1. The van der Waals surface area contributed by atoms with Crippen molar-refractivity contribution in [2.75, 3.05) is 13.7 Å². The number of hydrogen-bond acceptors (Lipinski definition) is 5. The summed E-state index contributed by atoms with van der Waals surface area (Å²) in [5, 5.41) is 0. The first kappa shape index (κ1) is 29.5. The fraction of sp³-hybridized carbons (Fsp3) is 0.594. The number of ether oxygens (including phenoxy) is 4. The Bertz CT molecular complexity index is 871. The summed E-state index contributed by atoms with van der Waals surface area (Å²) in [6, 6.07) is 20.5. The Kier molecular flexibility index (Phi) is 13.3. The van der Waals surface area contributed by atoms with Gasteiger partial charge in [0.05, 0.1) is 37.6 Å². The van der Waals surface area contributed by atoms with Crippen LogP contribution in [-0.4, -0.2) is 43.9 Å². The van der Waals surface area contributed by atoms with Crippen molar-refractivity contribution in [3.8, 4) is 0 Å². The molecule has 0 aromatic heterocycles. The molecular weight excluding hydrogens is 464 g/mol. The number of benzene rings is 2. The van der Waals surface area contributed by atoms with Gasteiger partial charge in [0.15, 0.2) is 0 Å². The molecule has 204 valence electrons. The van der Waals surface area contributed by atoms with E-state index in [1.807, 2.05) is 36.4 Å². The number of Topliss-reactive ketones (excluding diaryl/α,β-unsaturated/α-hetero) is 1. The van der Waals surface area contributed by atoms with E-state index in [-0.39, 0.29) is 24.4 Å². The average molecular weight is 511 g/mol. The van der Waals surface area contributed by atoms with E-state index in [4.69, 9.17) is 18.9 Å². The lowest BCUT2D eigenvalue weighted by Gasteiger charge is -2.32. The van der Waals surface area contributed by atoms with E-state index in [2.05, 4.69) is 38.1 Å². The number of ketones is 1. The Morgan fingerprint density at radius 3 is 2.19 bits per heavy atom. The lowest BCUT2D eigenvalue weighted by molar-refractivity contribution is -0.138. The molecule has 2 aromatic carbocycles. The molecular formula is C32H46O5.